The molecule has 0 radical (unpaired) electrons. The fourth-order valence-corrected chi connectivity index (χ4v) is 4.39. The maximum Gasteiger partial charge on any atom is -0.0236 e. The number of hydrogen-bond acceptors (Lipinski definition) is 0. The molecule has 0 bridgehead atoms. The molecule has 0 heteroatoms. The van der Waals surface area contributed by atoms with Gasteiger partial charge in [0.2, 0.25) is 0 Å². The molecule has 14 heavy (non-hydrogen) atoms. The van der Waals surface area contributed by atoms with Gasteiger partial charge in [0.15, 0.2) is 0 Å². The van der Waals surface area contributed by atoms with Gasteiger partial charge in [0.25, 0.3) is 0 Å². The molecular formula is C14H26. The van der Waals surface area contributed by atoms with E-state index in [1.54, 1.807) is 0 Å². The Balaban J connectivity index is 1.95. The average molecular weight is 194 g/mol. The molecule has 2 rings (SSSR count). The molecule has 0 amide bonds. The van der Waals surface area contributed by atoms with Crippen LogP contribution in [-0.4, -0.2) is 0 Å². The Kier molecular flexibility index (Phi) is 2.66. The predicted octanol–water partition coefficient (Wildman–Crippen LogP) is 4.49. The lowest BCUT2D eigenvalue weighted by molar-refractivity contribution is -0.175. The molecule has 0 saturated heterocycles. The molecule has 0 aromatic rings. The van der Waals surface area contributed by atoms with Gasteiger partial charge in [0, 0.05) is 0 Å². The highest BCUT2D eigenvalue weighted by Gasteiger charge is 2.60. The zero-order valence-electron chi connectivity index (χ0n) is 10.3. The van der Waals surface area contributed by atoms with Crippen molar-refractivity contribution in [1.29, 1.82) is 0 Å². The minimum absolute atomic E-state index is 0.813. The molecule has 5 atom stereocenters. The van der Waals surface area contributed by atoms with Gasteiger partial charge in [-0.15, -0.1) is 0 Å². The van der Waals surface area contributed by atoms with E-state index in [-0.39, 0.29) is 0 Å². The van der Waals surface area contributed by atoms with Gasteiger partial charge in [0.05, 0.1) is 0 Å². The average Bonchev–Trinajstić information content (AvgIpc) is 2.12. The molecule has 0 aromatic heterocycles. The second-order valence-corrected chi connectivity index (χ2v) is 6.11. The third kappa shape index (κ3) is 1.26. The molecule has 0 spiro atoms. The Morgan fingerprint density at radius 2 is 2.07 bits per heavy atom. The van der Waals surface area contributed by atoms with Gasteiger partial charge in [-0.1, -0.05) is 40.5 Å². The lowest BCUT2D eigenvalue weighted by Crippen LogP contribution is -2.59. The second-order valence-electron chi connectivity index (χ2n) is 6.11. The summed E-state index contributed by atoms with van der Waals surface area (Å²) in [5, 5.41) is 0. The van der Waals surface area contributed by atoms with E-state index in [9.17, 15) is 0 Å². The fraction of sp³-hybridized carbons (Fsp3) is 1.00. The number of hydrogen-bond donors (Lipinski definition) is 0. The number of rotatable bonds is 4. The van der Waals surface area contributed by atoms with Gasteiger partial charge in [-0.25, -0.2) is 0 Å². The first-order chi connectivity index (χ1) is 6.62. The quantitative estimate of drug-likeness (QED) is 0.618. The Bertz CT molecular complexity index is 208. The van der Waals surface area contributed by atoms with E-state index in [1.807, 2.05) is 0 Å². The maximum atomic E-state index is 2.53. The first-order valence-electron chi connectivity index (χ1n) is 6.62. The van der Waals surface area contributed by atoms with E-state index in [4.69, 9.17) is 0 Å². The first kappa shape index (κ1) is 10.5. The van der Waals surface area contributed by atoms with Crippen molar-refractivity contribution in [3.63, 3.8) is 0 Å². The van der Waals surface area contributed by atoms with Gasteiger partial charge in [0.1, 0.15) is 0 Å². The van der Waals surface area contributed by atoms with Crippen molar-refractivity contribution in [2.75, 3.05) is 0 Å². The largest absolute Gasteiger partial charge is 0.0654 e. The Labute approximate surface area is 89.5 Å². The molecule has 2 saturated carbocycles. The maximum absolute atomic E-state index is 2.53. The summed E-state index contributed by atoms with van der Waals surface area (Å²) in [4.78, 5) is 0. The summed E-state index contributed by atoms with van der Waals surface area (Å²) < 4.78 is 0. The van der Waals surface area contributed by atoms with Crippen LogP contribution in [-0.2, 0) is 0 Å². The minimum Gasteiger partial charge on any atom is -0.0654 e. The van der Waals surface area contributed by atoms with Crippen molar-refractivity contribution in [3.8, 4) is 0 Å². The zero-order chi connectivity index (χ0) is 10.3. The monoisotopic (exact) mass is 194 g/mol. The van der Waals surface area contributed by atoms with E-state index in [0.717, 1.165) is 29.1 Å². The highest BCUT2D eigenvalue weighted by Crippen LogP contribution is 2.68. The summed E-state index contributed by atoms with van der Waals surface area (Å²) in [7, 11) is 0. The van der Waals surface area contributed by atoms with Crippen LogP contribution in [0, 0.1) is 29.1 Å². The van der Waals surface area contributed by atoms with Gasteiger partial charge in [-0.3, -0.25) is 0 Å². The molecule has 0 heterocycles. The highest BCUT2D eigenvalue weighted by molar-refractivity contribution is 5.09. The second kappa shape index (κ2) is 3.54. The normalized spacial score (nSPS) is 44.6. The minimum atomic E-state index is 0.813. The van der Waals surface area contributed by atoms with E-state index in [1.165, 1.54) is 32.1 Å². The van der Waals surface area contributed by atoms with Crippen molar-refractivity contribution in [3.05, 3.63) is 0 Å². The van der Waals surface area contributed by atoms with Gasteiger partial charge >= 0.3 is 0 Å². The fourth-order valence-electron chi connectivity index (χ4n) is 4.39. The summed E-state index contributed by atoms with van der Waals surface area (Å²) in [5.41, 5.74) is 0.813. The van der Waals surface area contributed by atoms with Gasteiger partial charge < -0.3 is 0 Å². The smallest absolute Gasteiger partial charge is 0.0236 e. The molecule has 5 unspecified atom stereocenters. The molecule has 0 nitrogen and oxygen atoms in total. The van der Waals surface area contributed by atoms with Crippen LogP contribution in [0.3, 0.4) is 0 Å². The van der Waals surface area contributed by atoms with Crippen LogP contribution in [0.1, 0.15) is 59.8 Å². The van der Waals surface area contributed by atoms with E-state index >= 15 is 0 Å². The standard InChI is InChI=1S/C14H26/c1-5-6-10(2)12(4)14-8-7-13(14)11(3)9-14/h10-13H,5-9H2,1-4H3. The van der Waals surface area contributed by atoms with Crippen molar-refractivity contribution >= 4 is 0 Å². The molecule has 2 fully saturated rings. The third-order valence-corrected chi connectivity index (χ3v) is 5.55. The van der Waals surface area contributed by atoms with Crippen LogP contribution in [0.2, 0.25) is 0 Å². The SMILES string of the molecule is CCCC(C)C(C)C12CCC1C(C)C2. The summed E-state index contributed by atoms with van der Waals surface area (Å²) in [6.07, 6.45) is 7.40. The topological polar surface area (TPSA) is 0 Å². The summed E-state index contributed by atoms with van der Waals surface area (Å²) in [5.74, 6) is 4.09. The zero-order valence-corrected chi connectivity index (χ0v) is 10.3. The van der Waals surface area contributed by atoms with E-state index in [2.05, 4.69) is 27.7 Å². The van der Waals surface area contributed by atoms with Crippen LogP contribution in [0.4, 0.5) is 0 Å². The first-order valence-corrected chi connectivity index (χ1v) is 6.62. The van der Waals surface area contributed by atoms with Crippen molar-refractivity contribution < 1.29 is 0 Å². The molecule has 2 aliphatic rings. The van der Waals surface area contributed by atoms with Crippen molar-refractivity contribution in [2.24, 2.45) is 29.1 Å². The third-order valence-electron chi connectivity index (χ3n) is 5.55. The molecular weight excluding hydrogens is 168 g/mol. The highest BCUT2D eigenvalue weighted by atomic mass is 14.6. The van der Waals surface area contributed by atoms with E-state index in [0.29, 0.717) is 0 Å². The van der Waals surface area contributed by atoms with Crippen LogP contribution in [0.15, 0.2) is 0 Å². The summed E-state index contributed by atoms with van der Waals surface area (Å²) in [6.45, 7) is 9.78. The van der Waals surface area contributed by atoms with Gasteiger partial charge in [-0.2, -0.15) is 0 Å². The van der Waals surface area contributed by atoms with Crippen LogP contribution < -0.4 is 0 Å². The number of fused-ring (bicyclic) bond motifs is 1. The molecule has 0 N–H and O–H groups in total. The summed E-state index contributed by atoms with van der Waals surface area (Å²) in [6, 6.07) is 0. The van der Waals surface area contributed by atoms with Crippen molar-refractivity contribution in [1.82, 2.24) is 0 Å². The Morgan fingerprint density at radius 1 is 1.36 bits per heavy atom. The Morgan fingerprint density at radius 3 is 2.43 bits per heavy atom. The summed E-state index contributed by atoms with van der Waals surface area (Å²) >= 11 is 0. The van der Waals surface area contributed by atoms with E-state index < -0.39 is 0 Å². The van der Waals surface area contributed by atoms with Crippen LogP contribution >= 0.6 is 0 Å². The van der Waals surface area contributed by atoms with Gasteiger partial charge in [-0.05, 0) is 48.3 Å². The van der Waals surface area contributed by atoms with Crippen LogP contribution in [0.5, 0.6) is 0 Å². The molecule has 0 aliphatic heterocycles. The van der Waals surface area contributed by atoms with Crippen LogP contribution in [0.25, 0.3) is 0 Å². The lowest BCUT2D eigenvalue weighted by atomic mass is 9.38. The molecule has 0 aromatic carbocycles. The predicted molar refractivity (Wildman–Crippen MR) is 62.2 cm³/mol. The Hall–Kier alpha value is 0. The molecule has 2 aliphatic carbocycles. The molecule has 82 valence electrons. The van der Waals surface area contributed by atoms with Crippen molar-refractivity contribution in [2.45, 2.75) is 59.8 Å². The lowest BCUT2D eigenvalue weighted by Gasteiger charge is -2.67.